The molecule has 44 nitrogen and oxygen atoms in total. The average molecular weight is 1940 g/mol. The number of likely N-dealkylation sites (N-methyl/N-ethyl adjacent to an activating group) is 3. The second-order valence-corrected chi connectivity index (χ2v) is 36.1. The molecule has 3 aromatic carbocycles. The van der Waals surface area contributed by atoms with E-state index in [4.69, 9.17) is 21.9 Å². The number of methoxy groups -OCH3 is 1. The van der Waals surface area contributed by atoms with E-state index >= 15 is 38.4 Å². The number of carboxylic acids is 1. The number of hydrogen-bond acceptors (Lipinski definition) is 25. The highest BCUT2D eigenvalue weighted by Gasteiger charge is 2.47. The third-order valence-corrected chi connectivity index (χ3v) is 26.0. The van der Waals surface area contributed by atoms with Crippen molar-refractivity contribution in [2.45, 2.75) is 247 Å². The van der Waals surface area contributed by atoms with Crippen molar-refractivity contribution >= 4 is 146 Å². The number of ether oxygens (including phenoxy) is 1. The Morgan fingerprint density at radius 3 is 1.84 bits per heavy atom. The predicted molar refractivity (Wildman–Crippen MR) is 500 cm³/mol. The number of aromatic amines is 2. The lowest BCUT2D eigenvalue weighted by Crippen LogP contribution is -2.61. The maximum absolute atomic E-state index is 15.9. The summed E-state index contributed by atoms with van der Waals surface area (Å²) in [6.45, 7) is 3.62. The van der Waals surface area contributed by atoms with Gasteiger partial charge in [-0.2, -0.15) is 0 Å². The Kier molecular flexibility index (Phi) is 39.9. The number of nitrogens with two attached hydrogens (primary N) is 3. The van der Waals surface area contributed by atoms with Crippen LogP contribution in [0.4, 0.5) is 0 Å². The van der Waals surface area contributed by atoms with Crippen LogP contribution in [-0.4, -0.2) is 327 Å². The van der Waals surface area contributed by atoms with Crippen molar-refractivity contribution in [3.63, 3.8) is 0 Å². The first-order valence-corrected chi connectivity index (χ1v) is 47.0. The number of aliphatic hydroxyl groups excluding tert-OH is 3. The standard InChI is InChI=1S/C93H126N20O24S/c1-9-11-21-70-85(128)107-81(51(4)115)88(131)106-68(74(117)30-32-77(95)120)47-138-48-79(122)100-65(34-52-25-27-58(137-8)28-26-52)89(132)108(5)50(3)82(125)104-67(40-78(96)121)92(135)112-33-17-24-71(112)86(129)103-64(38-56-42-97-49-99-56)84(127)101-62(29-31-76(94)119)91(134)113-44-57(116)39-73(113)87(130)102-63(35-53-41-98-61-20-15-13-18-59(53)61)75(118)37-55(46-114)83(126)105-66(90(133)110(7)72(22-12-10-2)93(136)109(70)6)36-54-43-111(45-80(123)124)69-23-16-14-19-60(54)69/h13-16,18-20,23,25-28,41-43,49-51,55,57,62-68,70-73,81,98,114-116H,9-12,17,21-22,24,29-40,44-48H2,1-8H3,(H2,94,119)(H2,95,120)(H2,96,121)(H,97,99)(H,100,122)(H,101,127)(H,102,130)(H,103,129)(H,104,125)(H,105,126)(H,106,131)(H,107,128)(H,123,124)/t50-,51?,55-,57+,62-,63-,64-,65-,66-,67-,68-,70-,71-,72-,73-,81-/m0/s1. The SMILES string of the molecule is CCCC[C@H]1C(=O)N(C)[C@@H](CCCC)C(=O)N[C@@H](C(C)O)C(=O)N[C@H](C(=O)CCC(N)=O)CSCC(=O)N[C@@H](Cc2ccc(OC)cc2)C(=O)N(C)[C@@H](C)C(=O)N[C@@H](CC(N)=O)C(=O)N2CCC[C@H]2C(=O)N[C@@H](Cc2c[nH]cn2)C(=O)N[C@@H](CCC(N)=O)C(=O)N2C[C@H](O)C[C@H]2C(=O)N[C@@H](Cc2c[nH]c3ccccc23)C(=O)C[C@@H](CO)C(=O)N[C@@H](Cc2cn(CC(=O)O)c3ccccc23)C(=O)N1C. The highest BCUT2D eigenvalue weighted by Crippen LogP contribution is 2.30. The van der Waals surface area contributed by atoms with Crippen LogP contribution in [0.1, 0.15) is 146 Å². The van der Waals surface area contributed by atoms with Gasteiger partial charge in [0, 0.05) is 138 Å². The van der Waals surface area contributed by atoms with E-state index in [1.807, 2.05) is 0 Å². The normalized spacial score (nSPS) is 24.7. The second-order valence-electron chi connectivity index (χ2n) is 35.1. The minimum Gasteiger partial charge on any atom is -0.497 e. The molecule has 3 saturated heterocycles. The van der Waals surface area contributed by atoms with E-state index in [1.165, 1.54) is 58.5 Å². The number of H-pyrrole nitrogens is 2. The maximum Gasteiger partial charge on any atom is 0.323 e. The molecule has 45 heteroatoms. The Bertz CT molecular complexity index is 5400. The van der Waals surface area contributed by atoms with Gasteiger partial charge in [0.1, 0.15) is 78.8 Å². The van der Waals surface area contributed by atoms with Crippen molar-refractivity contribution in [3.8, 4) is 5.75 Å². The van der Waals surface area contributed by atoms with E-state index < -0.39 is 298 Å². The Morgan fingerprint density at radius 2 is 1.20 bits per heavy atom. The topological polar surface area (TPSA) is 654 Å². The van der Waals surface area contributed by atoms with E-state index in [0.29, 0.717) is 57.1 Å². The molecule has 0 aliphatic carbocycles. The summed E-state index contributed by atoms with van der Waals surface area (Å²) in [5, 5.41) is 66.3. The molecule has 6 heterocycles. The van der Waals surface area contributed by atoms with E-state index in [1.54, 1.807) is 92.8 Å². The first-order valence-electron chi connectivity index (χ1n) is 45.9. The number of carbonyl (C=O) groups is 19. The molecule has 20 N–H and O–H groups in total. The van der Waals surface area contributed by atoms with Gasteiger partial charge in [-0.3, -0.25) is 91.1 Å². The van der Waals surface area contributed by atoms with Crippen molar-refractivity contribution in [2.75, 3.05) is 59.5 Å². The Hall–Kier alpha value is -13.7. The number of para-hydroxylation sites is 2. The van der Waals surface area contributed by atoms with Gasteiger partial charge in [0.15, 0.2) is 11.6 Å². The number of thioether (sulfide) groups is 1. The fourth-order valence-corrected chi connectivity index (χ4v) is 18.1. The van der Waals surface area contributed by atoms with E-state index in [-0.39, 0.29) is 63.6 Å². The van der Waals surface area contributed by atoms with Crippen molar-refractivity contribution < 1.29 is 116 Å². The molecule has 16 atom stereocenters. The highest BCUT2D eigenvalue weighted by molar-refractivity contribution is 8.00. The predicted octanol–water partition coefficient (Wildman–Crippen LogP) is -2.41. The molecule has 3 aliphatic rings. The van der Waals surface area contributed by atoms with Crippen molar-refractivity contribution in [1.29, 1.82) is 0 Å². The number of nitrogens with zero attached hydrogens (tertiary/aromatic N) is 7. The zero-order valence-electron chi connectivity index (χ0n) is 78.4. The maximum atomic E-state index is 15.9. The highest BCUT2D eigenvalue weighted by atomic mass is 32.2. The largest absolute Gasteiger partial charge is 0.497 e. The molecule has 0 bridgehead atoms. The van der Waals surface area contributed by atoms with Gasteiger partial charge in [-0.15, -0.1) is 11.8 Å². The summed E-state index contributed by atoms with van der Waals surface area (Å²) in [6.07, 6.45) is -2.05. The molecule has 0 spiro atoms. The molecular weight excluding hydrogens is 1810 g/mol. The summed E-state index contributed by atoms with van der Waals surface area (Å²) in [7, 11) is 5.19. The minimum atomic E-state index is -1.90. The third-order valence-electron chi connectivity index (χ3n) is 25.0. The van der Waals surface area contributed by atoms with Gasteiger partial charge in [-0.05, 0) is 86.9 Å². The second kappa shape index (κ2) is 50.9. The first-order chi connectivity index (χ1) is 65.6. The van der Waals surface area contributed by atoms with Crippen LogP contribution < -0.4 is 64.5 Å². The number of unbranched alkanes of at least 4 members (excludes halogenated alkanes) is 2. The lowest BCUT2D eigenvalue weighted by molar-refractivity contribution is -0.150. The first kappa shape index (κ1) is 108. The number of nitrogens with one attached hydrogen (secondary N) is 10. The Labute approximate surface area is 800 Å². The summed E-state index contributed by atoms with van der Waals surface area (Å²) in [5.74, 6) is -21.2. The number of aliphatic hydroxyl groups is 3. The van der Waals surface area contributed by atoms with Crippen molar-refractivity contribution in [1.82, 2.24) is 86.6 Å². The molecule has 138 heavy (non-hydrogen) atoms. The number of rotatable bonds is 28. The fraction of sp³-hybridized carbons (Fsp3) is 0.527. The fourth-order valence-electron chi connectivity index (χ4n) is 17.2. The minimum absolute atomic E-state index is 0.0700. The lowest BCUT2D eigenvalue weighted by Gasteiger charge is -2.36. The van der Waals surface area contributed by atoms with Gasteiger partial charge < -0.3 is 124 Å². The number of hydrogen-bond donors (Lipinski definition) is 17. The van der Waals surface area contributed by atoms with Crippen LogP contribution in [0, 0.1) is 5.92 Å². The summed E-state index contributed by atoms with van der Waals surface area (Å²) in [6, 6.07) is -1.45. The average Bonchev–Trinajstić information content (AvgIpc) is 1.65. The molecule has 16 amide bonds. The summed E-state index contributed by atoms with van der Waals surface area (Å²) in [5.41, 5.74) is 19.2. The van der Waals surface area contributed by atoms with Crippen LogP contribution in [0.15, 0.2) is 97.7 Å². The summed E-state index contributed by atoms with van der Waals surface area (Å²) in [4.78, 5) is 291. The molecule has 3 fully saturated rings. The van der Waals surface area contributed by atoms with Crippen LogP contribution >= 0.6 is 11.8 Å². The van der Waals surface area contributed by atoms with Crippen LogP contribution in [0.5, 0.6) is 5.75 Å². The van der Waals surface area contributed by atoms with Gasteiger partial charge >= 0.3 is 5.97 Å². The van der Waals surface area contributed by atoms with E-state index in [9.17, 15) is 73.2 Å². The van der Waals surface area contributed by atoms with Gasteiger partial charge in [-0.25, -0.2) is 4.98 Å². The number of aromatic nitrogens is 4. The molecule has 3 aliphatic heterocycles. The zero-order chi connectivity index (χ0) is 101. The number of carbonyl (C=O) groups excluding carboxylic acids is 18. The summed E-state index contributed by atoms with van der Waals surface area (Å²) >= 11 is 0.762. The van der Waals surface area contributed by atoms with Gasteiger partial charge in [0.25, 0.3) is 0 Å². The number of benzene rings is 3. The molecule has 6 aromatic rings. The van der Waals surface area contributed by atoms with Crippen molar-refractivity contribution in [2.24, 2.45) is 23.1 Å². The zero-order valence-corrected chi connectivity index (χ0v) is 79.2. The Balaban J connectivity index is 1.11. The smallest absolute Gasteiger partial charge is 0.323 e. The number of aliphatic carboxylic acids is 1. The number of amides is 16. The quantitative estimate of drug-likeness (QED) is 0.0243. The molecule has 3 aromatic heterocycles. The number of imidazole rings is 1. The number of primary amides is 3. The molecule has 0 radical (unpaired) electrons. The number of carboxylic acid groups (broad SMARTS) is 1. The van der Waals surface area contributed by atoms with Crippen molar-refractivity contribution in [3.05, 3.63) is 120 Å². The molecule has 1 unspecified atom stereocenters. The van der Waals surface area contributed by atoms with Gasteiger partial charge in [-0.1, -0.05) is 88.1 Å². The Morgan fingerprint density at radius 1 is 0.587 bits per heavy atom. The summed E-state index contributed by atoms with van der Waals surface area (Å²) < 4.78 is 6.73. The van der Waals surface area contributed by atoms with Gasteiger partial charge in [0.05, 0.1) is 68.1 Å². The molecule has 9 rings (SSSR count). The van der Waals surface area contributed by atoms with Crippen LogP contribution in [0.2, 0.25) is 0 Å². The van der Waals surface area contributed by atoms with Crippen LogP contribution in [0.25, 0.3) is 21.8 Å². The third kappa shape index (κ3) is 29.2. The molecule has 748 valence electrons. The molecule has 0 saturated carbocycles. The monoisotopic (exact) mass is 1940 g/mol. The number of ketones is 2. The van der Waals surface area contributed by atoms with Gasteiger partial charge in [0.2, 0.25) is 94.5 Å². The van der Waals surface area contributed by atoms with E-state index in [0.717, 1.165) is 43.2 Å². The lowest BCUT2D eigenvalue weighted by atomic mass is 9.93. The molecular formula is C93H126N20O24S. The van der Waals surface area contributed by atoms with Crippen LogP contribution in [-0.2, 0) is 123 Å². The number of fused-ring (bicyclic) bond motifs is 4. The van der Waals surface area contributed by atoms with Crippen LogP contribution in [0.3, 0.4) is 0 Å². The van der Waals surface area contributed by atoms with E-state index in [2.05, 4.69) is 57.5 Å². The number of Topliss-reactive ketones (excluding diaryl/α,β-unsaturated/α-hetero) is 2.